The Morgan fingerprint density at radius 2 is 2.13 bits per heavy atom. The van der Waals surface area contributed by atoms with Gasteiger partial charge in [-0.05, 0) is 24.3 Å². The Bertz CT molecular complexity index is 803. The predicted molar refractivity (Wildman–Crippen MR) is 93.0 cm³/mol. The summed E-state index contributed by atoms with van der Waals surface area (Å²) in [6.07, 6.45) is 1.59. The highest BCUT2D eigenvalue weighted by Gasteiger charge is 2.14. The third-order valence-corrected chi connectivity index (χ3v) is 4.62. The largest absolute Gasteiger partial charge is 0.324 e. The first kappa shape index (κ1) is 15.9. The maximum absolute atomic E-state index is 12.1. The zero-order valence-corrected chi connectivity index (χ0v) is 14.1. The number of benzene rings is 1. The first-order chi connectivity index (χ1) is 11.1. The van der Waals surface area contributed by atoms with Gasteiger partial charge in [0.1, 0.15) is 11.6 Å². The van der Waals surface area contributed by atoms with Gasteiger partial charge in [0, 0.05) is 6.20 Å². The van der Waals surface area contributed by atoms with E-state index in [1.807, 2.05) is 25.2 Å². The minimum atomic E-state index is -0.0986. The molecule has 0 aliphatic carbocycles. The lowest BCUT2D eigenvalue weighted by molar-refractivity contribution is -0.885. The molecule has 0 saturated heterocycles. The van der Waals surface area contributed by atoms with Crippen molar-refractivity contribution in [3.63, 3.8) is 0 Å². The molecular formula is C16H16ClN4OS+. The standard InChI is InChI=1S/C16H15ClN4OS/c1-21(9-14(22)19-12-6-4-8-18-16(12)17)10-15-20-11-5-2-3-7-13(11)23-15/h2-8H,9-10H2,1H3,(H,19,22)/p+1. The van der Waals surface area contributed by atoms with Crippen LogP contribution in [0.25, 0.3) is 10.2 Å². The van der Waals surface area contributed by atoms with Crippen LogP contribution in [0.5, 0.6) is 0 Å². The van der Waals surface area contributed by atoms with Crippen LogP contribution in [-0.2, 0) is 11.3 Å². The SMILES string of the molecule is C[NH+](CC(=O)Nc1cccnc1Cl)Cc1nc2ccccc2s1. The molecule has 0 aliphatic heterocycles. The maximum atomic E-state index is 12.1. The Morgan fingerprint density at radius 3 is 2.91 bits per heavy atom. The molecule has 3 rings (SSSR count). The van der Waals surface area contributed by atoms with Crippen molar-refractivity contribution in [1.82, 2.24) is 9.97 Å². The minimum absolute atomic E-state index is 0.0986. The number of quaternary nitrogens is 1. The number of pyridine rings is 1. The van der Waals surface area contributed by atoms with Gasteiger partial charge in [0.05, 0.1) is 23.0 Å². The quantitative estimate of drug-likeness (QED) is 0.694. The van der Waals surface area contributed by atoms with E-state index in [-0.39, 0.29) is 5.91 Å². The van der Waals surface area contributed by atoms with Gasteiger partial charge >= 0.3 is 0 Å². The number of amides is 1. The summed E-state index contributed by atoms with van der Waals surface area (Å²) in [7, 11) is 1.97. The van der Waals surface area contributed by atoms with E-state index in [0.29, 0.717) is 23.9 Å². The molecule has 0 radical (unpaired) electrons. The number of nitrogens with one attached hydrogen (secondary N) is 2. The van der Waals surface area contributed by atoms with Crippen molar-refractivity contribution in [2.75, 3.05) is 18.9 Å². The van der Waals surface area contributed by atoms with Crippen LogP contribution in [0.15, 0.2) is 42.6 Å². The molecule has 2 N–H and O–H groups in total. The average Bonchev–Trinajstić information content (AvgIpc) is 2.91. The second-order valence-corrected chi connectivity index (χ2v) is 6.75. The van der Waals surface area contributed by atoms with Crippen molar-refractivity contribution in [2.45, 2.75) is 6.54 Å². The molecule has 1 unspecified atom stereocenters. The molecule has 5 nitrogen and oxygen atoms in total. The Hall–Kier alpha value is -2.02. The Morgan fingerprint density at radius 1 is 1.30 bits per heavy atom. The molecule has 1 amide bonds. The van der Waals surface area contributed by atoms with Crippen molar-refractivity contribution < 1.29 is 9.69 Å². The molecule has 7 heteroatoms. The number of anilines is 1. The maximum Gasteiger partial charge on any atom is 0.279 e. The topological polar surface area (TPSA) is 59.3 Å². The van der Waals surface area contributed by atoms with Gasteiger partial charge in [-0.3, -0.25) is 4.79 Å². The molecule has 118 valence electrons. The second-order valence-electron chi connectivity index (χ2n) is 5.28. The van der Waals surface area contributed by atoms with Gasteiger partial charge in [0.2, 0.25) is 0 Å². The van der Waals surface area contributed by atoms with Crippen LogP contribution in [0.3, 0.4) is 0 Å². The first-order valence-corrected chi connectivity index (χ1v) is 8.37. The fourth-order valence-corrected chi connectivity index (χ4v) is 3.51. The normalized spacial score (nSPS) is 12.3. The summed E-state index contributed by atoms with van der Waals surface area (Å²) in [6.45, 7) is 1.04. The molecule has 0 aliphatic rings. The van der Waals surface area contributed by atoms with Crippen molar-refractivity contribution in [3.05, 3.63) is 52.8 Å². The lowest BCUT2D eigenvalue weighted by Gasteiger charge is -2.12. The van der Waals surface area contributed by atoms with Crippen molar-refractivity contribution in [1.29, 1.82) is 0 Å². The lowest BCUT2D eigenvalue weighted by Crippen LogP contribution is -3.08. The van der Waals surface area contributed by atoms with Gasteiger partial charge in [-0.15, -0.1) is 11.3 Å². The van der Waals surface area contributed by atoms with E-state index >= 15 is 0 Å². The zero-order valence-electron chi connectivity index (χ0n) is 12.5. The molecule has 3 aromatic rings. The molecule has 2 heterocycles. The summed E-state index contributed by atoms with van der Waals surface area (Å²) in [5, 5.41) is 4.10. The first-order valence-electron chi connectivity index (χ1n) is 7.18. The molecule has 1 aromatic carbocycles. The highest BCUT2D eigenvalue weighted by atomic mass is 35.5. The molecule has 0 fully saturated rings. The Balaban J connectivity index is 1.59. The number of rotatable bonds is 5. The van der Waals surface area contributed by atoms with E-state index in [4.69, 9.17) is 11.6 Å². The average molecular weight is 348 g/mol. The van der Waals surface area contributed by atoms with Crippen LogP contribution in [0.1, 0.15) is 5.01 Å². The fourth-order valence-electron chi connectivity index (χ4n) is 2.26. The third kappa shape index (κ3) is 4.04. The fraction of sp³-hybridized carbons (Fsp3) is 0.188. The number of thiazole rings is 1. The van der Waals surface area contributed by atoms with E-state index in [2.05, 4.69) is 21.4 Å². The highest BCUT2D eigenvalue weighted by Crippen LogP contribution is 2.20. The number of fused-ring (bicyclic) bond motifs is 1. The summed E-state index contributed by atoms with van der Waals surface area (Å²) >= 11 is 7.60. The number of para-hydroxylation sites is 1. The highest BCUT2D eigenvalue weighted by molar-refractivity contribution is 7.18. The zero-order chi connectivity index (χ0) is 16.2. The minimum Gasteiger partial charge on any atom is -0.324 e. The van der Waals surface area contributed by atoms with E-state index in [1.165, 1.54) is 4.70 Å². The number of hydrogen-bond donors (Lipinski definition) is 2. The van der Waals surface area contributed by atoms with E-state index < -0.39 is 0 Å². The van der Waals surface area contributed by atoms with Crippen LogP contribution in [0.2, 0.25) is 5.15 Å². The summed E-state index contributed by atoms with van der Waals surface area (Å²) in [4.78, 5) is 21.7. The van der Waals surface area contributed by atoms with Gasteiger partial charge in [0.25, 0.3) is 5.91 Å². The smallest absolute Gasteiger partial charge is 0.279 e. The van der Waals surface area contributed by atoms with Crippen molar-refractivity contribution >= 4 is 44.7 Å². The summed E-state index contributed by atoms with van der Waals surface area (Å²) in [6, 6.07) is 11.5. The second kappa shape index (κ2) is 7.04. The van der Waals surface area contributed by atoms with Gasteiger partial charge < -0.3 is 10.2 Å². The third-order valence-electron chi connectivity index (χ3n) is 3.29. The molecule has 23 heavy (non-hydrogen) atoms. The molecule has 1 atom stereocenters. The number of hydrogen-bond acceptors (Lipinski definition) is 4. The van der Waals surface area contributed by atoms with Crippen LogP contribution in [0.4, 0.5) is 5.69 Å². The monoisotopic (exact) mass is 347 g/mol. The molecular weight excluding hydrogens is 332 g/mol. The van der Waals surface area contributed by atoms with Crippen LogP contribution < -0.4 is 10.2 Å². The molecule has 0 spiro atoms. The van der Waals surface area contributed by atoms with E-state index in [9.17, 15) is 4.79 Å². The summed E-state index contributed by atoms with van der Waals surface area (Å²) < 4.78 is 1.17. The van der Waals surface area contributed by atoms with Gasteiger partial charge in [-0.1, -0.05) is 23.7 Å². The van der Waals surface area contributed by atoms with Gasteiger partial charge in [0.15, 0.2) is 11.7 Å². The van der Waals surface area contributed by atoms with Crippen LogP contribution in [-0.4, -0.2) is 29.5 Å². The van der Waals surface area contributed by atoms with Gasteiger partial charge in [-0.25, -0.2) is 9.97 Å². The van der Waals surface area contributed by atoms with E-state index in [0.717, 1.165) is 15.4 Å². The number of nitrogens with zero attached hydrogens (tertiary/aromatic N) is 2. The lowest BCUT2D eigenvalue weighted by atomic mass is 10.3. The van der Waals surface area contributed by atoms with Crippen LogP contribution in [0, 0.1) is 0 Å². The Labute approximate surface area is 142 Å². The summed E-state index contributed by atoms with van der Waals surface area (Å²) in [5.41, 5.74) is 1.54. The number of aromatic nitrogens is 2. The number of carbonyl (C=O) groups is 1. The number of carbonyl (C=O) groups excluding carboxylic acids is 1. The summed E-state index contributed by atoms with van der Waals surface area (Å²) in [5.74, 6) is -0.0986. The van der Waals surface area contributed by atoms with Crippen LogP contribution >= 0.6 is 22.9 Å². The van der Waals surface area contributed by atoms with Crippen molar-refractivity contribution in [2.24, 2.45) is 0 Å². The van der Waals surface area contributed by atoms with Gasteiger partial charge in [-0.2, -0.15) is 0 Å². The molecule has 0 bridgehead atoms. The predicted octanol–water partition coefficient (Wildman–Crippen LogP) is 2.00. The number of likely N-dealkylation sites (N-methyl/N-ethyl adjacent to an activating group) is 1. The number of halogens is 1. The Kier molecular flexibility index (Phi) is 4.85. The van der Waals surface area contributed by atoms with Crippen molar-refractivity contribution in [3.8, 4) is 0 Å². The molecule has 0 saturated carbocycles. The molecule has 2 aromatic heterocycles. The van der Waals surface area contributed by atoms with E-state index in [1.54, 1.807) is 29.7 Å².